The lowest BCUT2D eigenvalue weighted by molar-refractivity contribution is 1.18. The van der Waals surface area contributed by atoms with E-state index in [-0.39, 0.29) is 0 Å². The van der Waals surface area contributed by atoms with Crippen molar-refractivity contribution < 1.29 is 0 Å². The fourth-order valence-electron chi connectivity index (χ4n) is 8.96. The number of aromatic nitrogens is 3. The summed E-state index contributed by atoms with van der Waals surface area (Å²) in [7, 11) is 0. The van der Waals surface area contributed by atoms with E-state index in [1.54, 1.807) is 0 Å². The summed E-state index contributed by atoms with van der Waals surface area (Å²) in [4.78, 5) is 10.7. The highest BCUT2D eigenvalue weighted by molar-refractivity contribution is 7.27. The van der Waals surface area contributed by atoms with Crippen molar-refractivity contribution in [2.45, 2.75) is 0 Å². The van der Waals surface area contributed by atoms with Gasteiger partial charge >= 0.3 is 0 Å². The minimum Gasteiger partial charge on any atom is -0.309 e. The molecule has 12 aromatic rings. The maximum atomic E-state index is 5.46. The normalized spacial score (nSPS) is 11.8. The van der Waals surface area contributed by atoms with Crippen LogP contribution in [0.4, 0.5) is 0 Å². The molecule has 0 aliphatic heterocycles. The van der Waals surface area contributed by atoms with Gasteiger partial charge in [0.05, 0.1) is 22.2 Å². The van der Waals surface area contributed by atoms with E-state index in [4.69, 9.17) is 9.97 Å². The van der Waals surface area contributed by atoms with E-state index in [9.17, 15) is 0 Å². The highest BCUT2D eigenvalue weighted by Gasteiger charge is 2.22. The molecule has 3 aromatic heterocycles. The van der Waals surface area contributed by atoms with Crippen LogP contribution in [0.3, 0.4) is 0 Å². The van der Waals surface area contributed by atoms with Crippen molar-refractivity contribution in [3.8, 4) is 50.6 Å². The van der Waals surface area contributed by atoms with Gasteiger partial charge in [0.25, 0.3) is 0 Å². The van der Waals surface area contributed by atoms with Crippen LogP contribution < -0.4 is 0 Å². The van der Waals surface area contributed by atoms with Gasteiger partial charge in [-0.2, -0.15) is 0 Å². The molecule has 0 saturated heterocycles. The largest absolute Gasteiger partial charge is 0.309 e. The summed E-state index contributed by atoms with van der Waals surface area (Å²) in [6, 6.07) is 71.8. The third kappa shape index (κ3) is 5.12. The first-order chi connectivity index (χ1) is 28.8. The van der Waals surface area contributed by atoms with E-state index < -0.39 is 0 Å². The Kier molecular flexibility index (Phi) is 7.40. The van der Waals surface area contributed by atoms with Crippen LogP contribution in [0, 0.1) is 0 Å². The van der Waals surface area contributed by atoms with Crippen LogP contribution in [-0.4, -0.2) is 14.5 Å². The van der Waals surface area contributed by atoms with Gasteiger partial charge in [0, 0.05) is 58.5 Å². The zero-order chi connectivity index (χ0) is 38.2. The maximum Gasteiger partial charge on any atom is 0.160 e. The van der Waals surface area contributed by atoms with Gasteiger partial charge in [-0.05, 0) is 76.2 Å². The second-order valence-electron chi connectivity index (χ2n) is 14.9. The highest BCUT2D eigenvalue weighted by atomic mass is 32.1. The molecule has 3 nitrogen and oxygen atoms in total. The fourth-order valence-corrected chi connectivity index (χ4v) is 10.2. The lowest BCUT2D eigenvalue weighted by Crippen LogP contribution is -1.98. The maximum absolute atomic E-state index is 5.46. The predicted octanol–water partition coefficient (Wildman–Crippen LogP) is 14.9. The van der Waals surface area contributed by atoms with Crippen LogP contribution >= 0.6 is 11.3 Å². The SMILES string of the molecule is c1ccc(-c2cc(-c3ccccc3)cc(-c3nc(-c4cccc(-n5c6ccccc6c6c7ccccc7c7sc8ccccc8c7c65)c4)nc4ccccc34)c2)cc1. The van der Waals surface area contributed by atoms with Gasteiger partial charge in [0.2, 0.25) is 0 Å². The Hall–Kier alpha value is -7.40. The van der Waals surface area contributed by atoms with Crippen LogP contribution in [0.5, 0.6) is 0 Å². The molecule has 0 aliphatic carbocycles. The molecule has 0 N–H and O–H groups in total. The van der Waals surface area contributed by atoms with Gasteiger partial charge < -0.3 is 4.57 Å². The summed E-state index contributed by atoms with van der Waals surface area (Å²) in [5.74, 6) is 0.694. The van der Waals surface area contributed by atoms with Crippen LogP contribution in [0.25, 0.3) is 114 Å². The topological polar surface area (TPSA) is 30.7 Å². The molecular weight excluding hydrogens is 723 g/mol. The molecule has 0 saturated carbocycles. The summed E-state index contributed by atoms with van der Waals surface area (Å²) < 4.78 is 5.09. The Morgan fingerprint density at radius 2 is 0.966 bits per heavy atom. The molecule has 0 spiro atoms. The van der Waals surface area contributed by atoms with E-state index in [2.05, 4.69) is 205 Å². The molecular formula is C54H33N3S. The van der Waals surface area contributed by atoms with Crippen molar-refractivity contribution in [1.82, 2.24) is 14.5 Å². The zero-order valence-electron chi connectivity index (χ0n) is 31.3. The monoisotopic (exact) mass is 755 g/mol. The van der Waals surface area contributed by atoms with Gasteiger partial charge in [-0.25, -0.2) is 9.97 Å². The Morgan fingerprint density at radius 1 is 0.379 bits per heavy atom. The van der Waals surface area contributed by atoms with Crippen molar-refractivity contribution in [2.75, 3.05) is 0 Å². The van der Waals surface area contributed by atoms with Gasteiger partial charge in [-0.15, -0.1) is 11.3 Å². The minimum atomic E-state index is 0.694. The van der Waals surface area contributed by atoms with Crippen molar-refractivity contribution in [2.24, 2.45) is 0 Å². The summed E-state index contributed by atoms with van der Waals surface area (Å²) in [6.07, 6.45) is 0. The Balaban J connectivity index is 1.11. The van der Waals surface area contributed by atoms with Gasteiger partial charge in [-0.3, -0.25) is 0 Å². The standard InChI is InChI=1S/C54H33N3S/c1-3-16-34(17-4-1)37-30-38(35-18-5-2-6-19-35)32-39(31-37)51-43-24-9-12-27-46(43)55-54(56-51)36-20-15-21-40(33-36)57-47-28-13-10-25-44(47)49-41-22-7-8-23-42(41)53-50(52(49)57)45-26-11-14-29-48(45)58-53/h1-33H. The van der Waals surface area contributed by atoms with Gasteiger partial charge in [0.15, 0.2) is 5.82 Å². The number of para-hydroxylation sites is 2. The van der Waals surface area contributed by atoms with E-state index in [0.717, 1.165) is 44.5 Å². The number of rotatable bonds is 5. The minimum absolute atomic E-state index is 0.694. The second kappa shape index (κ2) is 13.1. The Morgan fingerprint density at radius 3 is 1.72 bits per heavy atom. The summed E-state index contributed by atoms with van der Waals surface area (Å²) in [5.41, 5.74) is 11.9. The van der Waals surface area contributed by atoms with Crippen molar-refractivity contribution >= 4 is 75.0 Å². The van der Waals surface area contributed by atoms with E-state index in [1.165, 1.54) is 63.9 Å². The first-order valence-electron chi connectivity index (χ1n) is 19.7. The lowest BCUT2D eigenvalue weighted by atomic mass is 9.94. The van der Waals surface area contributed by atoms with E-state index >= 15 is 0 Å². The van der Waals surface area contributed by atoms with Crippen molar-refractivity contribution in [3.63, 3.8) is 0 Å². The fraction of sp³-hybridized carbons (Fsp3) is 0. The third-order valence-corrected chi connectivity index (χ3v) is 12.7. The lowest BCUT2D eigenvalue weighted by Gasteiger charge is -2.14. The molecule has 58 heavy (non-hydrogen) atoms. The summed E-state index contributed by atoms with van der Waals surface area (Å²) in [6.45, 7) is 0. The number of thiophene rings is 1. The first kappa shape index (κ1) is 32.8. The van der Waals surface area contributed by atoms with Crippen LogP contribution in [0.1, 0.15) is 0 Å². The molecule has 0 unspecified atom stereocenters. The molecule has 0 atom stereocenters. The van der Waals surface area contributed by atoms with Gasteiger partial charge in [0.1, 0.15) is 0 Å². The second-order valence-corrected chi connectivity index (χ2v) is 16.0. The molecule has 3 heterocycles. The Bertz CT molecular complexity index is 3510. The third-order valence-electron chi connectivity index (χ3n) is 11.5. The quantitative estimate of drug-likeness (QED) is 0.175. The molecule has 0 amide bonds. The number of fused-ring (bicyclic) bond motifs is 11. The number of hydrogen-bond acceptors (Lipinski definition) is 3. The van der Waals surface area contributed by atoms with Crippen LogP contribution in [0.2, 0.25) is 0 Å². The molecule has 9 aromatic carbocycles. The number of nitrogens with zero attached hydrogens (tertiary/aromatic N) is 3. The smallest absolute Gasteiger partial charge is 0.160 e. The van der Waals surface area contributed by atoms with Crippen LogP contribution in [-0.2, 0) is 0 Å². The van der Waals surface area contributed by atoms with E-state index in [1.807, 2.05) is 11.3 Å². The molecule has 0 bridgehead atoms. The van der Waals surface area contributed by atoms with Crippen molar-refractivity contribution in [3.05, 3.63) is 200 Å². The van der Waals surface area contributed by atoms with E-state index in [0.29, 0.717) is 5.82 Å². The van der Waals surface area contributed by atoms with Crippen molar-refractivity contribution in [1.29, 1.82) is 0 Å². The summed E-state index contributed by atoms with van der Waals surface area (Å²) >= 11 is 1.89. The molecule has 270 valence electrons. The number of hydrogen-bond donors (Lipinski definition) is 0. The predicted molar refractivity (Wildman–Crippen MR) is 246 cm³/mol. The first-order valence-corrected chi connectivity index (χ1v) is 20.5. The molecule has 0 radical (unpaired) electrons. The number of benzene rings is 9. The summed E-state index contributed by atoms with van der Waals surface area (Å²) in [5, 5.41) is 8.70. The molecule has 0 aliphatic rings. The highest BCUT2D eigenvalue weighted by Crippen LogP contribution is 2.48. The molecule has 4 heteroatoms. The average molecular weight is 756 g/mol. The zero-order valence-corrected chi connectivity index (χ0v) is 32.1. The average Bonchev–Trinajstić information content (AvgIpc) is 3.86. The van der Waals surface area contributed by atoms with Crippen LogP contribution in [0.15, 0.2) is 200 Å². The molecule has 12 rings (SSSR count). The van der Waals surface area contributed by atoms with Gasteiger partial charge in [-0.1, -0.05) is 152 Å². The Labute approximate surface area is 338 Å². The molecule has 0 fully saturated rings.